The normalized spacial score (nSPS) is 46.9. The fourth-order valence-electron chi connectivity index (χ4n) is 6.21. The molecule has 130 valence electrons. The molecular formula is C22H30O2. The molecule has 0 aromatic heterocycles. The molecule has 0 amide bonds. The summed E-state index contributed by atoms with van der Waals surface area (Å²) in [5.74, 6) is 1.09. The van der Waals surface area contributed by atoms with Gasteiger partial charge in [-0.15, -0.1) is 6.58 Å². The van der Waals surface area contributed by atoms with Crippen LogP contribution in [0.5, 0.6) is 0 Å². The Bertz CT molecular complexity index is 669. The van der Waals surface area contributed by atoms with E-state index >= 15 is 0 Å². The topological polar surface area (TPSA) is 40.5 Å². The second-order valence-corrected chi connectivity index (χ2v) is 8.85. The minimum absolute atomic E-state index is 0.0780. The largest absolute Gasteiger partial charge is 0.392 e. The molecule has 0 aromatic rings. The number of aliphatic hydroxyl groups excluding tert-OH is 1. The molecule has 0 spiro atoms. The molecule has 4 aliphatic carbocycles. The van der Waals surface area contributed by atoms with Crippen LogP contribution in [0.3, 0.4) is 0 Å². The van der Waals surface area contributed by atoms with Crippen LogP contribution in [0.4, 0.5) is 0 Å². The third-order valence-electron chi connectivity index (χ3n) is 7.99. The van der Waals surface area contributed by atoms with Crippen LogP contribution in [0.15, 0.2) is 47.6 Å². The van der Waals surface area contributed by atoms with Gasteiger partial charge < -0.3 is 10.2 Å². The number of hydrogen-bond donors (Lipinski definition) is 2. The average molecular weight is 326 g/mol. The van der Waals surface area contributed by atoms with Crippen LogP contribution in [0.1, 0.15) is 52.4 Å². The van der Waals surface area contributed by atoms with E-state index in [1.165, 1.54) is 11.1 Å². The molecule has 4 aliphatic rings. The highest BCUT2D eigenvalue weighted by Gasteiger charge is 2.60. The van der Waals surface area contributed by atoms with Gasteiger partial charge in [0.2, 0.25) is 0 Å². The third-order valence-corrected chi connectivity index (χ3v) is 7.99. The van der Waals surface area contributed by atoms with E-state index in [9.17, 15) is 10.2 Å². The van der Waals surface area contributed by atoms with Crippen LogP contribution < -0.4 is 0 Å². The van der Waals surface area contributed by atoms with Crippen molar-refractivity contribution in [2.24, 2.45) is 22.7 Å². The lowest BCUT2D eigenvalue weighted by Gasteiger charge is -2.53. The van der Waals surface area contributed by atoms with Gasteiger partial charge in [-0.1, -0.05) is 43.7 Å². The zero-order valence-electron chi connectivity index (χ0n) is 15.0. The van der Waals surface area contributed by atoms with E-state index in [-0.39, 0.29) is 17.4 Å². The molecular weight excluding hydrogens is 296 g/mol. The molecule has 2 heteroatoms. The Hall–Kier alpha value is -1.12. The first-order valence-electron chi connectivity index (χ1n) is 9.45. The van der Waals surface area contributed by atoms with E-state index in [1.54, 1.807) is 11.6 Å². The predicted molar refractivity (Wildman–Crippen MR) is 97.4 cm³/mol. The minimum Gasteiger partial charge on any atom is -0.392 e. The first kappa shape index (κ1) is 16.4. The Morgan fingerprint density at radius 1 is 1.29 bits per heavy atom. The van der Waals surface area contributed by atoms with Crippen molar-refractivity contribution in [1.82, 2.24) is 0 Å². The molecule has 0 aromatic carbocycles. The van der Waals surface area contributed by atoms with Crippen molar-refractivity contribution in [3.05, 3.63) is 47.6 Å². The molecule has 0 aliphatic heterocycles. The fourth-order valence-corrected chi connectivity index (χ4v) is 6.21. The van der Waals surface area contributed by atoms with Crippen LogP contribution in [0.2, 0.25) is 0 Å². The smallest absolute Gasteiger partial charge is 0.0884 e. The lowest BCUT2D eigenvalue weighted by molar-refractivity contribution is -0.0424. The van der Waals surface area contributed by atoms with E-state index in [4.69, 9.17) is 0 Å². The van der Waals surface area contributed by atoms with Crippen molar-refractivity contribution in [2.45, 2.75) is 58.0 Å². The summed E-state index contributed by atoms with van der Waals surface area (Å²) < 4.78 is 0. The first-order chi connectivity index (χ1) is 11.4. The highest BCUT2D eigenvalue weighted by atomic mass is 16.3. The highest BCUT2D eigenvalue weighted by molar-refractivity contribution is 5.46. The van der Waals surface area contributed by atoms with Gasteiger partial charge in [-0.2, -0.15) is 0 Å². The minimum atomic E-state index is -0.721. The number of rotatable bonds is 2. The Balaban J connectivity index is 1.75. The number of allylic oxidation sites excluding steroid dienone is 5. The van der Waals surface area contributed by atoms with Crippen LogP contribution in [-0.2, 0) is 0 Å². The van der Waals surface area contributed by atoms with Gasteiger partial charge in [-0.25, -0.2) is 0 Å². The summed E-state index contributed by atoms with van der Waals surface area (Å²) >= 11 is 0. The highest BCUT2D eigenvalue weighted by Crippen LogP contribution is 2.65. The van der Waals surface area contributed by atoms with Crippen molar-refractivity contribution < 1.29 is 10.2 Å². The van der Waals surface area contributed by atoms with Crippen LogP contribution in [0.25, 0.3) is 0 Å². The Morgan fingerprint density at radius 2 is 2.08 bits per heavy atom. The van der Waals surface area contributed by atoms with Crippen LogP contribution in [0, 0.1) is 22.7 Å². The molecule has 2 nitrogen and oxygen atoms in total. The zero-order chi connectivity index (χ0) is 17.2. The Labute approximate surface area is 145 Å². The molecule has 2 N–H and O–H groups in total. The van der Waals surface area contributed by atoms with Gasteiger partial charge in [0.15, 0.2) is 0 Å². The molecule has 5 atom stereocenters. The fraction of sp³-hybridized carbons (Fsp3) is 0.636. The average Bonchev–Trinajstić information content (AvgIpc) is 2.86. The summed E-state index contributed by atoms with van der Waals surface area (Å²) in [5, 5.41) is 20.6. The van der Waals surface area contributed by atoms with Gasteiger partial charge in [0.1, 0.15) is 0 Å². The second-order valence-electron chi connectivity index (χ2n) is 8.85. The molecule has 2 unspecified atom stereocenters. The molecule has 1 fully saturated rings. The van der Waals surface area contributed by atoms with Gasteiger partial charge in [0.25, 0.3) is 0 Å². The molecule has 0 radical (unpaired) electrons. The van der Waals surface area contributed by atoms with Crippen LogP contribution in [-0.4, -0.2) is 22.4 Å². The van der Waals surface area contributed by atoms with E-state index in [0.717, 1.165) is 38.5 Å². The SMILES string of the molecule is C=C[C@]1(O)CCC2C3CC=C4C=C(CO)CC[C@]4(C)C3=CC[C@@]21C. The summed E-state index contributed by atoms with van der Waals surface area (Å²) in [6.07, 6.45) is 15.0. The number of aliphatic hydroxyl groups is 2. The lowest BCUT2D eigenvalue weighted by atomic mass is 9.52. The standard InChI is InChI=1S/C22H30O2/c1-4-22(24)12-9-19-17-6-5-16-13-15(14-23)7-10-20(16,2)18(17)8-11-21(19,22)3/h4-5,8,13,17,19,23-24H,1,6-7,9-12,14H2,2-3H3/t17?,19?,20-,21-,22-/m0/s1. The zero-order valence-corrected chi connectivity index (χ0v) is 15.0. The number of hydrogen-bond acceptors (Lipinski definition) is 2. The van der Waals surface area contributed by atoms with Gasteiger partial charge in [-0.3, -0.25) is 0 Å². The second kappa shape index (κ2) is 5.19. The Kier molecular flexibility index (Phi) is 3.54. The predicted octanol–water partition coefficient (Wildman–Crippen LogP) is 4.32. The maximum Gasteiger partial charge on any atom is 0.0884 e. The lowest BCUT2D eigenvalue weighted by Crippen LogP contribution is -2.49. The summed E-state index contributed by atoms with van der Waals surface area (Å²) in [5.41, 5.74) is 3.50. The molecule has 0 heterocycles. The van der Waals surface area contributed by atoms with Crippen molar-refractivity contribution in [3.8, 4) is 0 Å². The molecule has 1 saturated carbocycles. The molecule has 24 heavy (non-hydrogen) atoms. The maximum absolute atomic E-state index is 11.1. The molecule has 4 rings (SSSR count). The Morgan fingerprint density at radius 3 is 2.79 bits per heavy atom. The van der Waals surface area contributed by atoms with Gasteiger partial charge in [-0.05, 0) is 61.5 Å². The van der Waals surface area contributed by atoms with Crippen molar-refractivity contribution in [1.29, 1.82) is 0 Å². The molecule has 0 bridgehead atoms. The summed E-state index contributed by atoms with van der Waals surface area (Å²) in [7, 11) is 0. The van der Waals surface area contributed by atoms with Crippen molar-refractivity contribution >= 4 is 0 Å². The third kappa shape index (κ3) is 1.90. The van der Waals surface area contributed by atoms with E-state index in [1.807, 2.05) is 0 Å². The van der Waals surface area contributed by atoms with Gasteiger partial charge in [0, 0.05) is 10.8 Å². The first-order valence-corrected chi connectivity index (χ1v) is 9.45. The number of fused-ring (bicyclic) bond motifs is 5. The van der Waals surface area contributed by atoms with E-state index < -0.39 is 5.60 Å². The summed E-state index contributed by atoms with van der Waals surface area (Å²) in [6.45, 7) is 8.78. The monoisotopic (exact) mass is 326 g/mol. The van der Waals surface area contributed by atoms with E-state index in [0.29, 0.717) is 11.8 Å². The summed E-state index contributed by atoms with van der Waals surface area (Å²) in [4.78, 5) is 0. The summed E-state index contributed by atoms with van der Waals surface area (Å²) in [6, 6.07) is 0. The van der Waals surface area contributed by atoms with Crippen LogP contribution >= 0.6 is 0 Å². The molecule has 0 saturated heterocycles. The quantitative estimate of drug-likeness (QED) is 0.742. The van der Waals surface area contributed by atoms with Gasteiger partial charge >= 0.3 is 0 Å². The van der Waals surface area contributed by atoms with Crippen molar-refractivity contribution in [2.75, 3.05) is 6.61 Å². The van der Waals surface area contributed by atoms with Gasteiger partial charge in [0.05, 0.1) is 12.2 Å². The van der Waals surface area contributed by atoms with E-state index in [2.05, 4.69) is 38.7 Å². The maximum atomic E-state index is 11.1. The van der Waals surface area contributed by atoms with Crippen molar-refractivity contribution in [3.63, 3.8) is 0 Å².